The van der Waals surface area contributed by atoms with Gasteiger partial charge in [-0.2, -0.15) is 30.3 Å². The zero-order chi connectivity index (χ0) is 103. The number of rotatable bonds is 10. The van der Waals surface area contributed by atoms with Crippen LogP contribution in [0, 0.1) is 61.3 Å². The molecule has 5 unspecified atom stereocenters. The maximum absolute atomic E-state index is 7.24. The number of hydrogen-bond donors (Lipinski definition) is 0. The van der Waals surface area contributed by atoms with Crippen molar-refractivity contribution in [3.63, 3.8) is 0 Å². The van der Waals surface area contributed by atoms with Crippen LogP contribution in [-0.2, 0) is 28.2 Å². The number of fused-ring (bicyclic) bond motifs is 15. The summed E-state index contributed by atoms with van der Waals surface area (Å²) in [6.45, 7) is 48.3. The summed E-state index contributed by atoms with van der Waals surface area (Å²) in [5, 5.41) is 67.1. The van der Waals surface area contributed by atoms with Gasteiger partial charge in [0.15, 0.2) is 11.4 Å². The van der Waals surface area contributed by atoms with Gasteiger partial charge in [0, 0.05) is 188 Å². The molecule has 16 heterocycles. The molecule has 9 aromatic carbocycles. The summed E-state index contributed by atoms with van der Waals surface area (Å²) in [7, 11) is 7.58. The van der Waals surface area contributed by atoms with Crippen molar-refractivity contribution in [2.24, 2.45) is 28.2 Å². The Labute approximate surface area is 871 Å². The van der Waals surface area contributed by atoms with Crippen LogP contribution in [0.2, 0.25) is 10.0 Å². The molecule has 36 heteroatoms. The number of aromatic nitrogens is 26. The van der Waals surface area contributed by atoms with Crippen LogP contribution in [0.25, 0.3) is 98.7 Å². The summed E-state index contributed by atoms with van der Waals surface area (Å²) < 4.78 is 16.2. The Bertz CT molecular complexity index is 8050. The van der Waals surface area contributed by atoms with Crippen LogP contribution < -0.4 is 24.5 Å². The molecule has 11 aromatic heterocycles. The van der Waals surface area contributed by atoms with Crippen LogP contribution in [0.1, 0.15) is 128 Å². The summed E-state index contributed by atoms with van der Waals surface area (Å²) >= 11 is 12.3. The lowest BCUT2D eigenvalue weighted by Gasteiger charge is -2.27. The minimum absolute atomic E-state index is 0.141. The van der Waals surface area contributed by atoms with E-state index in [2.05, 4.69) is 304 Å². The largest absolute Gasteiger partial charge is 0.339 e. The Morgan fingerprint density at radius 3 is 0.839 bits per heavy atom. The van der Waals surface area contributed by atoms with Gasteiger partial charge in [0.25, 0.3) is 0 Å². The van der Waals surface area contributed by atoms with Crippen LogP contribution in [0.3, 0.4) is 0 Å². The van der Waals surface area contributed by atoms with Crippen molar-refractivity contribution in [2.45, 2.75) is 106 Å². The molecule has 740 valence electrons. The number of aryl methyl sites for hydroxylation is 10. The number of pyridine rings is 2. The summed E-state index contributed by atoms with van der Waals surface area (Å²) in [5.41, 5.74) is 28.3. The molecule has 20 aromatic rings. The third kappa shape index (κ3) is 19.0. The summed E-state index contributed by atoms with van der Waals surface area (Å²) in [6, 6.07) is 71.5. The Kier molecular flexibility index (Phi) is 26.3. The first kappa shape index (κ1) is 96.9. The summed E-state index contributed by atoms with van der Waals surface area (Å²) in [6.07, 6.45) is 17.0. The fourth-order valence-corrected chi connectivity index (χ4v) is 20.3. The molecule has 5 aliphatic heterocycles. The second kappa shape index (κ2) is 40.4. The minimum atomic E-state index is 0.141. The number of nitrogens with zero attached hydrogens (tertiary/aromatic N) is 34. The lowest BCUT2D eigenvalue weighted by atomic mass is 10.0. The smallest absolute Gasteiger partial charge is 0.205 e. The summed E-state index contributed by atoms with van der Waals surface area (Å²) in [5.74, 6) is 10.9. The lowest BCUT2D eigenvalue weighted by molar-refractivity contribution is 0.655. The average molecular weight is 2010 g/mol. The van der Waals surface area contributed by atoms with Crippen molar-refractivity contribution in [1.82, 2.24) is 128 Å². The topological polar surface area (TPSA) is 293 Å². The lowest BCUT2D eigenvalue weighted by Crippen LogP contribution is -2.22. The first-order valence-corrected chi connectivity index (χ1v) is 49.7. The van der Waals surface area contributed by atoms with Crippen LogP contribution in [0.15, 0.2) is 268 Å². The molecular weight excluding hydrogens is 1900 g/mol. The van der Waals surface area contributed by atoms with Gasteiger partial charge in [0.1, 0.15) is 69.8 Å². The van der Waals surface area contributed by atoms with Crippen LogP contribution in [0.5, 0.6) is 0 Å². The molecule has 5 aliphatic rings. The van der Waals surface area contributed by atoms with Crippen molar-refractivity contribution < 1.29 is 0 Å². The van der Waals surface area contributed by atoms with Crippen molar-refractivity contribution >= 4 is 97.3 Å². The van der Waals surface area contributed by atoms with Crippen LogP contribution >= 0.6 is 23.2 Å². The van der Waals surface area contributed by atoms with E-state index in [-0.39, 0.29) is 29.6 Å². The van der Waals surface area contributed by atoms with E-state index < -0.39 is 0 Å². The molecule has 34 nitrogen and oxygen atoms in total. The molecule has 0 radical (unpaired) electrons. The molecule has 0 saturated carbocycles. The van der Waals surface area contributed by atoms with E-state index in [9.17, 15) is 0 Å². The highest BCUT2D eigenvalue weighted by atomic mass is 35.5. The number of anilines is 10. The van der Waals surface area contributed by atoms with Gasteiger partial charge in [-0.15, -0.1) is 51.0 Å². The first-order valence-electron chi connectivity index (χ1n) is 48.9. The predicted octanol–water partition coefficient (Wildman–Crippen LogP) is 23.9. The molecule has 25 rings (SSSR count). The Morgan fingerprint density at radius 2 is 0.557 bits per heavy atom. The van der Waals surface area contributed by atoms with Gasteiger partial charge in [0.2, 0.25) is 5.69 Å². The van der Waals surface area contributed by atoms with E-state index in [1.807, 2.05) is 207 Å². The highest BCUT2D eigenvalue weighted by Gasteiger charge is 2.37. The fourth-order valence-electron chi connectivity index (χ4n) is 20.1. The van der Waals surface area contributed by atoms with Gasteiger partial charge in [-0.05, 0) is 209 Å². The van der Waals surface area contributed by atoms with Gasteiger partial charge >= 0.3 is 0 Å². The SMILES string of the molecule is Cc1ccc(-c2ccc3c(c2)N(c2ccc(Cl)cc2)CC(C)c2nnc(C)n2-3)cn1.Cc1nnc2n1-c1ccc(-c3cnn(C)c3)cc1N(c1ccc(Cl)cc1)CC2C.[C-]#[N+]c1ccc(N2CC(C)c3nnc(C)n3-c3ccc(-c4cnn(C)c4)cc32)cc1.[C-]#[N+]c1ccc(N2CC(C)c3nnc(C)n3-c3ccc(-c4cnn(C)c4)cc32)nc1.[C-]#[N+]c1ccc(N2CC(C)c3nnc(C)n3-c3ccc(-c4cnn(C)n4)cc32)cc1. The van der Waals surface area contributed by atoms with Crippen molar-refractivity contribution in [3.05, 3.63) is 376 Å². The fraction of sp³-hybridized carbons (Fsp3) is 0.221. The van der Waals surface area contributed by atoms with Crippen LogP contribution in [0.4, 0.5) is 74.1 Å². The van der Waals surface area contributed by atoms with Gasteiger partial charge in [-0.25, -0.2) is 14.5 Å². The zero-order valence-electron chi connectivity index (χ0n) is 84.8. The minimum Gasteiger partial charge on any atom is -0.339 e. The molecule has 0 bridgehead atoms. The van der Waals surface area contributed by atoms with Crippen molar-refractivity contribution in [2.75, 3.05) is 57.2 Å². The number of hydrogen-bond acceptors (Lipinski definition) is 22. The third-order valence-corrected chi connectivity index (χ3v) is 28.0. The van der Waals surface area contributed by atoms with Crippen molar-refractivity contribution in [1.29, 1.82) is 0 Å². The van der Waals surface area contributed by atoms with Gasteiger partial charge in [-0.3, -0.25) is 46.8 Å². The molecule has 0 fully saturated rings. The molecule has 0 aliphatic carbocycles. The van der Waals surface area contributed by atoms with Crippen molar-refractivity contribution in [3.8, 4) is 84.2 Å². The van der Waals surface area contributed by atoms with E-state index >= 15 is 0 Å². The van der Waals surface area contributed by atoms with E-state index in [0.717, 1.165) is 241 Å². The van der Waals surface area contributed by atoms with E-state index in [0.29, 0.717) is 23.6 Å². The van der Waals surface area contributed by atoms with E-state index in [1.54, 1.807) is 27.9 Å². The maximum atomic E-state index is 7.24. The van der Waals surface area contributed by atoms with Gasteiger partial charge in [-0.1, -0.05) is 125 Å². The molecule has 0 spiro atoms. The molecule has 0 N–H and O–H groups in total. The highest BCUT2D eigenvalue weighted by molar-refractivity contribution is 6.31. The Balaban J connectivity index is 0.000000109. The van der Waals surface area contributed by atoms with Gasteiger partial charge < -0.3 is 24.5 Å². The Morgan fingerprint density at radius 1 is 0.268 bits per heavy atom. The van der Waals surface area contributed by atoms with E-state index in [4.69, 9.17) is 42.9 Å². The molecular formula is C113H104Cl2N34. The molecule has 5 atom stereocenters. The standard InChI is InChI=1S/C24H22ClN5.C23H21N7.C22H21ClN6.2C22H20N8/c1-15-14-29(21-9-7-20(25)8-10-21)23-12-18(19-5-4-16(2)26-13-19)6-11-22(23)30-17(3)27-28-24(15)30;1-15-13-29(20-8-6-19(24-3)7-9-20)22-11-17(18-12-25-28(4)14-18)5-10-21(22)30-16(2)26-27-23(15)30;1-14-12-28(19-7-5-18(23)6-8-19)21-10-16(17-11-24-27(3)13-17)4-9-20(21)29-15(2)25-26-22(14)29;1-14-13-29(18-8-6-17(23-3)7-9-18)21-11-16(19-12-24-28(4)27-19)5-10-20(21)30-15(2)25-26-22(14)30;1-14-12-29(21-8-6-18(23-3)11-24-21)20-9-16(17-10-25-28(4)13-17)5-7-19(20)30-15(2)26-27-22(14)30/h4-13,15H,14H2,1-3H3;5-12,14-15H,13H2,1-2,4H3;4-11,13-14H,12H2,1-3H3;5-12,14H,13H2,1-2,4H3;5-11,13-14H,12H2,1-2,4H3. The zero-order valence-corrected chi connectivity index (χ0v) is 86.3. The summed E-state index contributed by atoms with van der Waals surface area (Å²) in [4.78, 5) is 32.6. The monoisotopic (exact) mass is 2010 g/mol. The second-order valence-electron chi connectivity index (χ2n) is 38.1. The third-order valence-electron chi connectivity index (χ3n) is 27.5. The first-order chi connectivity index (χ1) is 72.2. The molecule has 0 amide bonds. The van der Waals surface area contributed by atoms with Gasteiger partial charge in [0.05, 0.1) is 101 Å². The quantitative estimate of drug-likeness (QED) is 0.115. The predicted molar refractivity (Wildman–Crippen MR) is 581 cm³/mol. The van der Waals surface area contributed by atoms with E-state index in [1.165, 1.54) is 0 Å². The average Bonchev–Trinajstić information content (AvgIpc) is 1.62. The number of halogens is 2. The normalized spacial score (nSPS) is 15.4. The number of benzene rings is 9. The maximum Gasteiger partial charge on any atom is 0.205 e. The molecule has 0 saturated heterocycles. The Hall–Kier alpha value is -18.2. The molecule has 149 heavy (non-hydrogen) atoms. The van der Waals surface area contributed by atoms with Crippen LogP contribution in [-0.4, -0.2) is 161 Å². The highest BCUT2D eigenvalue weighted by Crippen LogP contribution is 2.49. The second-order valence-corrected chi connectivity index (χ2v) is 39.0.